The summed E-state index contributed by atoms with van der Waals surface area (Å²) in [7, 11) is 0. The zero-order valence-electron chi connectivity index (χ0n) is 12.6. The number of piperidine rings is 1. The van der Waals surface area contributed by atoms with E-state index in [1.165, 1.54) is 0 Å². The van der Waals surface area contributed by atoms with Crippen molar-refractivity contribution in [1.82, 2.24) is 9.80 Å². The van der Waals surface area contributed by atoms with Gasteiger partial charge in [0.05, 0.1) is 19.0 Å². The molecule has 120 valence electrons. The van der Waals surface area contributed by atoms with Gasteiger partial charge < -0.3 is 15.7 Å². The lowest BCUT2D eigenvalue weighted by molar-refractivity contribution is -0.146. The van der Waals surface area contributed by atoms with Crippen molar-refractivity contribution in [3.8, 4) is 0 Å². The van der Waals surface area contributed by atoms with Crippen molar-refractivity contribution < 1.29 is 19.5 Å². The van der Waals surface area contributed by atoms with E-state index in [0.717, 1.165) is 12.8 Å². The zero-order chi connectivity index (χ0) is 15.8. The first-order chi connectivity index (χ1) is 9.93. The third kappa shape index (κ3) is 6.12. The van der Waals surface area contributed by atoms with E-state index in [4.69, 9.17) is 10.8 Å². The van der Waals surface area contributed by atoms with Gasteiger partial charge in [0.2, 0.25) is 11.8 Å². The third-order valence-electron chi connectivity index (χ3n) is 3.76. The lowest BCUT2D eigenvalue weighted by Crippen LogP contribution is -2.46. The van der Waals surface area contributed by atoms with E-state index in [0.29, 0.717) is 32.5 Å². The van der Waals surface area contributed by atoms with Crippen molar-refractivity contribution in [3.05, 3.63) is 0 Å². The topological polar surface area (TPSA) is 104 Å². The molecule has 7 nitrogen and oxygen atoms in total. The molecule has 21 heavy (non-hydrogen) atoms. The van der Waals surface area contributed by atoms with Gasteiger partial charge in [-0.25, -0.2) is 0 Å². The molecular formula is C14H25N3O4. The van der Waals surface area contributed by atoms with Gasteiger partial charge in [-0.3, -0.25) is 19.3 Å². The Morgan fingerprint density at radius 3 is 2.33 bits per heavy atom. The molecule has 1 aliphatic heterocycles. The van der Waals surface area contributed by atoms with Crippen LogP contribution in [-0.4, -0.2) is 65.4 Å². The number of carbonyl (C=O) groups is 3. The molecule has 1 heterocycles. The third-order valence-corrected chi connectivity index (χ3v) is 3.76. The highest BCUT2D eigenvalue weighted by atomic mass is 16.4. The van der Waals surface area contributed by atoms with E-state index in [-0.39, 0.29) is 24.9 Å². The Labute approximate surface area is 125 Å². The van der Waals surface area contributed by atoms with Crippen LogP contribution < -0.4 is 5.73 Å². The minimum Gasteiger partial charge on any atom is -0.481 e. The van der Waals surface area contributed by atoms with E-state index in [2.05, 4.69) is 0 Å². The lowest BCUT2D eigenvalue weighted by atomic mass is 9.97. The maximum absolute atomic E-state index is 12.2. The Morgan fingerprint density at radius 1 is 1.24 bits per heavy atom. The normalized spacial score (nSPS) is 16.2. The smallest absolute Gasteiger partial charge is 0.306 e. The SMILES string of the molecule is CCCCN(CC(N)=O)CC(=O)N1CCC(C(=O)O)CC1. The first kappa shape index (κ1) is 17.4. The second-order valence-electron chi connectivity index (χ2n) is 5.52. The number of rotatable bonds is 8. The summed E-state index contributed by atoms with van der Waals surface area (Å²) in [6, 6.07) is 0. The Hall–Kier alpha value is -1.63. The summed E-state index contributed by atoms with van der Waals surface area (Å²) in [6.45, 7) is 3.89. The quantitative estimate of drug-likeness (QED) is 0.651. The van der Waals surface area contributed by atoms with Crippen molar-refractivity contribution in [2.24, 2.45) is 11.7 Å². The molecule has 0 bridgehead atoms. The largest absolute Gasteiger partial charge is 0.481 e. The Morgan fingerprint density at radius 2 is 1.86 bits per heavy atom. The highest BCUT2D eigenvalue weighted by Crippen LogP contribution is 2.17. The Kier molecular flexibility index (Phi) is 7.14. The first-order valence-corrected chi connectivity index (χ1v) is 7.45. The van der Waals surface area contributed by atoms with Crippen molar-refractivity contribution in [2.45, 2.75) is 32.6 Å². The van der Waals surface area contributed by atoms with Gasteiger partial charge in [-0.05, 0) is 25.8 Å². The van der Waals surface area contributed by atoms with Crippen LogP contribution in [0.2, 0.25) is 0 Å². The summed E-state index contributed by atoms with van der Waals surface area (Å²) in [5.74, 6) is -1.64. The maximum atomic E-state index is 12.2. The summed E-state index contributed by atoms with van der Waals surface area (Å²) >= 11 is 0. The number of carboxylic acid groups (broad SMARTS) is 1. The Balaban J connectivity index is 2.46. The van der Waals surface area contributed by atoms with Gasteiger partial charge in [0.1, 0.15) is 0 Å². The van der Waals surface area contributed by atoms with Gasteiger partial charge in [0.15, 0.2) is 0 Å². The highest BCUT2D eigenvalue weighted by Gasteiger charge is 2.27. The second-order valence-corrected chi connectivity index (χ2v) is 5.52. The predicted octanol–water partition coefficient (Wildman–Crippen LogP) is -0.103. The molecule has 0 aromatic heterocycles. The fourth-order valence-electron chi connectivity index (χ4n) is 2.48. The standard InChI is InChI=1S/C14H25N3O4/c1-2-3-6-16(9-12(15)18)10-13(19)17-7-4-11(5-8-17)14(20)21/h11H,2-10H2,1H3,(H2,15,18)(H,20,21). The second kappa shape index (κ2) is 8.61. The van der Waals surface area contributed by atoms with E-state index in [1.807, 2.05) is 6.92 Å². The zero-order valence-corrected chi connectivity index (χ0v) is 12.6. The molecule has 1 fully saturated rings. The van der Waals surface area contributed by atoms with Crippen LogP contribution in [0.4, 0.5) is 0 Å². The van der Waals surface area contributed by atoms with Crippen LogP contribution in [0.3, 0.4) is 0 Å². The van der Waals surface area contributed by atoms with E-state index in [9.17, 15) is 14.4 Å². The van der Waals surface area contributed by atoms with E-state index < -0.39 is 11.9 Å². The molecule has 0 aliphatic carbocycles. The van der Waals surface area contributed by atoms with Crippen LogP contribution >= 0.6 is 0 Å². The fraction of sp³-hybridized carbons (Fsp3) is 0.786. The summed E-state index contributed by atoms with van der Waals surface area (Å²) in [4.78, 5) is 37.6. The number of nitrogens with two attached hydrogens (primary N) is 1. The molecule has 3 N–H and O–H groups in total. The van der Waals surface area contributed by atoms with Gasteiger partial charge in [0, 0.05) is 13.1 Å². The van der Waals surface area contributed by atoms with Gasteiger partial charge in [0.25, 0.3) is 0 Å². The molecule has 0 spiro atoms. The van der Waals surface area contributed by atoms with Crippen LogP contribution in [-0.2, 0) is 14.4 Å². The van der Waals surface area contributed by atoms with Crippen molar-refractivity contribution in [3.63, 3.8) is 0 Å². The molecule has 0 unspecified atom stereocenters. The van der Waals surface area contributed by atoms with Crippen LogP contribution in [0.25, 0.3) is 0 Å². The fourth-order valence-corrected chi connectivity index (χ4v) is 2.48. The molecule has 1 aliphatic rings. The van der Waals surface area contributed by atoms with Gasteiger partial charge in [-0.1, -0.05) is 13.3 Å². The molecule has 0 aromatic carbocycles. The number of carbonyl (C=O) groups excluding carboxylic acids is 2. The summed E-state index contributed by atoms with van der Waals surface area (Å²) in [6.07, 6.45) is 2.87. The number of hydrogen-bond acceptors (Lipinski definition) is 4. The first-order valence-electron chi connectivity index (χ1n) is 7.45. The maximum Gasteiger partial charge on any atom is 0.306 e. The van der Waals surface area contributed by atoms with Crippen LogP contribution in [0.1, 0.15) is 32.6 Å². The number of carboxylic acids is 1. The number of primary amides is 1. The highest BCUT2D eigenvalue weighted by molar-refractivity contribution is 5.80. The average molecular weight is 299 g/mol. The number of hydrogen-bond donors (Lipinski definition) is 2. The summed E-state index contributed by atoms with van der Waals surface area (Å²) < 4.78 is 0. The van der Waals surface area contributed by atoms with Gasteiger partial charge in [-0.2, -0.15) is 0 Å². The monoisotopic (exact) mass is 299 g/mol. The van der Waals surface area contributed by atoms with Crippen molar-refractivity contribution in [1.29, 1.82) is 0 Å². The molecule has 1 saturated heterocycles. The van der Waals surface area contributed by atoms with E-state index in [1.54, 1.807) is 9.80 Å². The van der Waals surface area contributed by atoms with E-state index >= 15 is 0 Å². The summed E-state index contributed by atoms with van der Waals surface area (Å²) in [5, 5.41) is 8.94. The molecular weight excluding hydrogens is 274 g/mol. The molecule has 0 aromatic rings. The number of likely N-dealkylation sites (tertiary alicyclic amines) is 1. The minimum absolute atomic E-state index is 0.0591. The van der Waals surface area contributed by atoms with Crippen LogP contribution in [0.5, 0.6) is 0 Å². The summed E-state index contributed by atoms with van der Waals surface area (Å²) in [5.41, 5.74) is 5.20. The van der Waals surface area contributed by atoms with Crippen molar-refractivity contribution >= 4 is 17.8 Å². The average Bonchev–Trinajstić information content (AvgIpc) is 2.44. The van der Waals surface area contributed by atoms with Crippen molar-refractivity contribution in [2.75, 3.05) is 32.7 Å². The molecule has 0 saturated carbocycles. The molecule has 0 atom stereocenters. The molecule has 2 amide bonds. The minimum atomic E-state index is -0.791. The molecule has 7 heteroatoms. The van der Waals surface area contributed by atoms with Gasteiger partial charge >= 0.3 is 5.97 Å². The Bertz CT molecular complexity index is 378. The molecule has 0 radical (unpaired) electrons. The lowest BCUT2D eigenvalue weighted by Gasteiger charge is -2.32. The molecule has 1 rings (SSSR count). The number of amides is 2. The van der Waals surface area contributed by atoms with Crippen LogP contribution in [0.15, 0.2) is 0 Å². The number of unbranched alkanes of at least 4 members (excludes halogenated alkanes) is 1. The number of aliphatic carboxylic acids is 1. The van der Waals surface area contributed by atoms with Crippen LogP contribution in [0, 0.1) is 5.92 Å². The predicted molar refractivity (Wildman–Crippen MR) is 77.5 cm³/mol. The van der Waals surface area contributed by atoms with Gasteiger partial charge in [-0.15, -0.1) is 0 Å². The number of nitrogens with zero attached hydrogens (tertiary/aromatic N) is 2.